The molecule has 4 aromatic carbocycles. The number of hydrogen-bond acceptors (Lipinski definition) is 2. The van der Waals surface area contributed by atoms with Crippen LogP contribution in [-0.2, 0) is 6.54 Å². The Morgan fingerprint density at radius 2 is 1.74 bits per heavy atom. The number of amides is 1. The summed E-state index contributed by atoms with van der Waals surface area (Å²) in [5, 5.41) is 1.74. The van der Waals surface area contributed by atoms with Crippen LogP contribution in [-0.4, -0.2) is 10.5 Å². The first kappa shape index (κ1) is 18.9. The van der Waals surface area contributed by atoms with Crippen molar-refractivity contribution in [3.8, 4) is 11.5 Å². The zero-order valence-corrected chi connectivity index (χ0v) is 17.1. The summed E-state index contributed by atoms with van der Waals surface area (Å²) in [5.41, 5.74) is 10.3. The SMILES string of the molecule is Cc1c[c]c2c3c(C(N)=O)cccc3n(Cc3ccccc3Oc3ccccc3)c2c1. The van der Waals surface area contributed by atoms with Gasteiger partial charge in [0, 0.05) is 21.9 Å². The minimum Gasteiger partial charge on any atom is -0.457 e. The Hall–Kier alpha value is -4.05. The van der Waals surface area contributed by atoms with Crippen molar-refractivity contribution in [3.05, 3.63) is 108 Å². The molecule has 0 aliphatic heterocycles. The molecule has 4 nitrogen and oxygen atoms in total. The van der Waals surface area contributed by atoms with Gasteiger partial charge in [0.15, 0.2) is 0 Å². The number of para-hydroxylation sites is 2. The van der Waals surface area contributed by atoms with Gasteiger partial charge in [-0.1, -0.05) is 48.5 Å². The zero-order chi connectivity index (χ0) is 21.4. The number of rotatable bonds is 5. The Kier molecular flexibility index (Phi) is 4.68. The third-order valence-electron chi connectivity index (χ3n) is 5.48. The van der Waals surface area contributed by atoms with Crippen molar-refractivity contribution in [2.24, 2.45) is 5.73 Å². The number of benzene rings is 4. The highest BCUT2D eigenvalue weighted by Gasteiger charge is 2.18. The van der Waals surface area contributed by atoms with E-state index in [1.807, 2.05) is 73.7 Å². The van der Waals surface area contributed by atoms with Gasteiger partial charge in [-0.25, -0.2) is 0 Å². The van der Waals surface area contributed by atoms with E-state index in [1.54, 1.807) is 6.07 Å². The monoisotopic (exact) mass is 405 g/mol. The van der Waals surface area contributed by atoms with E-state index < -0.39 is 5.91 Å². The van der Waals surface area contributed by atoms with Crippen LogP contribution in [0.3, 0.4) is 0 Å². The van der Waals surface area contributed by atoms with E-state index in [-0.39, 0.29) is 0 Å². The highest BCUT2D eigenvalue weighted by molar-refractivity contribution is 6.17. The highest BCUT2D eigenvalue weighted by Crippen LogP contribution is 2.34. The molecule has 2 N–H and O–H groups in total. The fourth-order valence-electron chi connectivity index (χ4n) is 4.06. The van der Waals surface area contributed by atoms with Crippen molar-refractivity contribution >= 4 is 27.7 Å². The van der Waals surface area contributed by atoms with Crippen LogP contribution in [0.2, 0.25) is 0 Å². The molecule has 1 heterocycles. The van der Waals surface area contributed by atoms with E-state index in [0.29, 0.717) is 12.1 Å². The maximum atomic E-state index is 12.1. The van der Waals surface area contributed by atoms with Crippen molar-refractivity contribution in [1.29, 1.82) is 0 Å². The van der Waals surface area contributed by atoms with Crippen LogP contribution in [0.5, 0.6) is 11.5 Å². The Bertz CT molecular complexity index is 1420. The van der Waals surface area contributed by atoms with Gasteiger partial charge in [0.25, 0.3) is 0 Å². The number of hydrogen-bond donors (Lipinski definition) is 1. The summed E-state index contributed by atoms with van der Waals surface area (Å²) < 4.78 is 8.37. The average Bonchev–Trinajstić information content (AvgIpc) is 3.08. The van der Waals surface area contributed by atoms with Gasteiger partial charge in [-0.15, -0.1) is 0 Å². The maximum Gasteiger partial charge on any atom is 0.249 e. The molecule has 31 heavy (non-hydrogen) atoms. The minimum absolute atomic E-state index is 0.438. The molecule has 1 radical (unpaired) electrons. The molecule has 1 amide bonds. The van der Waals surface area contributed by atoms with Gasteiger partial charge in [0.2, 0.25) is 5.91 Å². The number of nitrogens with two attached hydrogens (primary N) is 1. The van der Waals surface area contributed by atoms with Gasteiger partial charge in [-0.05, 0) is 55.0 Å². The number of primary amides is 1. The molecule has 0 aliphatic rings. The van der Waals surface area contributed by atoms with Crippen molar-refractivity contribution in [3.63, 3.8) is 0 Å². The summed E-state index contributed by atoms with van der Waals surface area (Å²) >= 11 is 0. The molecule has 0 bridgehead atoms. The van der Waals surface area contributed by atoms with E-state index in [0.717, 1.165) is 44.4 Å². The van der Waals surface area contributed by atoms with Crippen molar-refractivity contribution in [2.45, 2.75) is 13.5 Å². The number of aromatic nitrogens is 1. The fourth-order valence-corrected chi connectivity index (χ4v) is 4.06. The van der Waals surface area contributed by atoms with Gasteiger partial charge in [0.1, 0.15) is 11.5 Å². The average molecular weight is 405 g/mol. The van der Waals surface area contributed by atoms with Crippen LogP contribution in [0.25, 0.3) is 21.8 Å². The zero-order valence-electron chi connectivity index (χ0n) is 17.1. The van der Waals surface area contributed by atoms with Gasteiger partial charge in [-0.2, -0.15) is 0 Å². The van der Waals surface area contributed by atoms with E-state index >= 15 is 0 Å². The summed E-state index contributed by atoms with van der Waals surface area (Å²) in [7, 11) is 0. The molecule has 0 spiro atoms. The predicted molar refractivity (Wildman–Crippen MR) is 124 cm³/mol. The first-order valence-electron chi connectivity index (χ1n) is 10.2. The van der Waals surface area contributed by atoms with Gasteiger partial charge < -0.3 is 15.0 Å². The van der Waals surface area contributed by atoms with Gasteiger partial charge >= 0.3 is 0 Å². The lowest BCUT2D eigenvalue weighted by molar-refractivity contribution is 0.100. The Balaban J connectivity index is 1.69. The van der Waals surface area contributed by atoms with E-state index in [1.165, 1.54) is 0 Å². The third-order valence-corrected chi connectivity index (χ3v) is 5.48. The standard InChI is InChI=1S/C27H21N2O2/c1-18-14-15-21-24(16-18)29(23-12-7-11-22(26(21)23)27(28)30)17-19-8-5-6-13-25(19)31-20-9-3-2-4-10-20/h2-14,16H,17H2,1H3,(H2,28,30). The lowest BCUT2D eigenvalue weighted by atomic mass is 10.1. The molecule has 151 valence electrons. The largest absolute Gasteiger partial charge is 0.457 e. The molecular weight excluding hydrogens is 384 g/mol. The Morgan fingerprint density at radius 1 is 0.968 bits per heavy atom. The van der Waals surface area contributed by atoms with Crippen LogP contribution in [0, 0.1) is 13.0 Å². The quantitative estimate of drug-likeness (QED) is 0.399. The number of carbonyl (C=O) groups is 1. The lowest BCUT2D eigenvalue weighted by Crippen LogP contribution is -2.11. The molecule has 0 saturated heterocycles. The molecular formula is C27H21N2O2. The maximum absolute atomic E-state index is 12.1. The summed E-state index contributed by atoms with van der Waals surface area (Å²) in [5.74, 6) is 1.15. The van der Waals surface area contributed by atoms with Crippen molar-refractivity contribution < 1.29 is 9.53 Å². The number of carbonyl (C=O) groups excluding carboxylic acids is 1. The Morgan fingerprint density at radius 3 is 2.55 bits per heavy atom. The van der Waals surface area contributed by atoms with E-state index in [2.05, 4.69) is 22.8 Å². The second-order valence-electron chi connectivity index (χ2n) is 7.61. The summed E-state index contributed by atoms with van der Waals surface area (Å²) in [6.07, 6.45) is 0. The second kappa shape index (κ2) is 7.65. The molecule has 5 aromatic rings. The predicted octanol–water partition coefficient (Wildman–Crippen LogP) is 5.84. The number of ether oxygens (including phenoxy) is 1. The topological polar surface area (TPSA) is 57.2 Å². The van der Waals surface area contributed by atoms with E-state index in [9.17, 15) is 4.79 Å². The first-order chi connectivity index (χ1) is 15.1. The van der Waals surface area contributed by atoms with Crippen LogP contribution >= 0.6 is 0 Å². The molecule has 0 aliphatic carbocycles. The smallest absolute Gasteiger partial charge is 0.249 e. The summed E-state index contributed by atoms with van der Waals surface area (Å²) in [4.78, 5) is 12.1. The van der Waals surface area contributed by atoms with E-state index in [4.69, 9.17) is 10.5 Å². The number of nitrogens with zero attached hydrogens (tertiary/aromatic N) is 1. The van der Waals surface area contributed by atoms with Crippen LogP contribution < -0.4 is 10.5 Å². The normalized spacial score (nSPS) is 11.1. The fraction of sp³-hybridized carbons (Fsp3) is 0.0741. The molecule has 0 unspecified atom stereocenters. The summed E-state index contributed by atoms with van der Waals surface area (Å²) in [6, 6.07) is 30.8. The molecule has 5 rings (SSSR count). The van der Waals surface area contributed by atoms with Crippen LogP contribution in [0.4, 0.5) is 0 Å². The molecule has 1 aromatic heterocycles. The van der Waals surface area contributed by atoms with Crippen LogP contribution in [0.1, 0.15) is 21.5 Å². The minimum atomic E-state index is -0.438. The molecule has 0 fully saturated rings. The molecule has 0 atom stereocenters. The molecule has 0 saturated carbocycles. The number of fused-ring (bicyclic) bond motifs is 3. The number of aryl methyl sites for hydroxylation is 1. The summed E-state index contributed by atoms with van der Waals surface area (Å²) in [6.45, 7) is 2.63. The van der Waals surface area contributed by atoms with Crippen molar-refractivity contribution in [2.75, 3.05) is 0 Å². The second-order valence-corrected chi connectivity index (χ2v) is 7.61. The lowest BCUT2D eigenvalue weighted by Gasteiger charge is -2.14. The van der Waals surface area contributed by atoms with Gasteiger partial charge in [0.05, 0.1) is 17.6 Å². The highest BCUT2D eigenvalue weighted by atomic mass is 16.5. The molecule has 4 heteroatoms. The van der Waals surface area contributed by atoms with Gasteiger partial charge in [-0.3, -0.25) is 4.79 Å². The first-order valence-corrected chi connectivity index (χ1v) is 10.2. The van der Waals surface area contributed by atoms with Crippen LogP contribution in [0.15, 0.2) is 84.9 Å². The third kappa shape index (κ3) is 3.42. The Labute approximate surface area is 180 Å². The van der Waals surface area contributed by atoms with Crippen molar-refractivity contribution in [1.82, 2.24) is 4.57 Å².